The van der Waals surface area contributed by atoms with E-state index in [0.29, 0.717) is 19.4 Å². The van der Waals surface area contributed by atoms with Crippen molar-refractivity contribution < 1.29 is 49.3 Å². The van der Waals surface area contributed by atoms with Gasteiger partial charge >= 0.3 is 5.97 Å². The first-order chi connectivity index (χ1) is 36.7. The fourth-order valence-electron chi connectivity index (χ4n) is 9.62. The van der Waals surface area contributed by atoms with E-state index in [-0.39, 0.29) is 18.5 Å². The van der Waals surface area contributed by atoms with E-state index in [2.05, 4.69) is 55.6 Å². The van der Waals surface area contributed by atoms with Crippen molar-refractivity contribution >= 4 is 11.9 Å². The molecule has 0 aromatic rings. The summed E-state index contributed by atoms with van der Waals surface area (Å²) in [5.41, 5.74) is 0. The van der Waals surface area contributed by atoms with Gasteiger partial charge in [-0.3, -0.25) is 9.59 Å². The average Bonchev–Trinajstić information content (AvgIpc) is 3.41. The van der Waals surface area contributed by atoms with Crippen LogP contribution in [0.3, 0.4) is 0 Å². The number of carbonyl (C=O) groups excluding carboxylic acids is 2. The summed E-state index contributed by atoms with van der Waals surface area (Å²) in [4.78, 5) is 25.0. The molecule has 1 heterocycles. The van der Waals surface area contributed by atoms with Crippen LogP contribution in [-0.2, 0) is 23.8 Å². The summed E-state index contributed by atoms with van der Waals surface area (Å²) in [5, 5.41) is 54.3. The van der Waals surface area contributed by atoms with Crippen molar-refractivity contribution in [3.05, 3.63) is 48.6 Å². The number of hydrogen-bond donors (Lipinski definition) is 6. The number of aliphatic hydroxyl groups excluding tert-OH is 5. The van der Waals surface area contributed by atoms with Gasteiger partial charge in [0.1, 0.15) is 24.4 Å². The number of amides is 1. The lowest BCUT2D eigenvalue weighted by Crippen LogP contribution is -2.60. The molecule has 7 atom stereocenters. The highest BCUT2D eigenvalue weighted by atomic mass is 16.7. The molecule has 11 nitrogen and oxygen atoms in total. The third kappa shape index (κ3) is 43.2. The summed E-state index contributed by atoms with van der Waals surface area (Å²) in [6.07, 6.45) is 57.9. The molecule has 1 aliphatic rings. The molecule has 1 amide bonds. The van der Waals surface area contributed by atoms with Crippen molar-refractivity contribution in [2.45, 2.75) is 326 Å². The summed E-state index contributed by atoms with van der Waals surface area (Å²) in [5.74, 6) is -0.202. The first-order valence-corrected chi connectivity index (χ1v) is 31.4. The topological polar surface area (TPSA) is 175 Å². The van der Waals surface area contributed by atoms with E-state index in [1.807, 2.05) is 6.08 Å². The van der Waals surface area contributed by atoms with Crippen molar-refractivity contribution in [2.24, 2.45) is 0 Å². The molecule has 0 aromatic carbocycles. The molecule has 0 aliphatic carbocycles. The monoisotopic (exact) mass is 1060 g/mol. The number of ether oxygens (including phenoxy) is 3. The summed E-state index contributed by atoms with van der Waals surface area (Å²) < 4.78 is 16.7. The Kier molecular flexibility index (Phi) is 50.5. The molecule has 0 aromatic heterocycles. The number of allylic oxidation sites excluding steroid dienone is 7. The molecule has 6 N–H and O–H groups in total. The summed E-state index contributed by atoms with van der Waals surface area (Å²) in [6, 6.07) is -0.814. The van der Waals surface area contributed by atoms with Gasteiger partial charge in [-0.2, -0.15) is 0 Å². The molecule has 1 fully saturated rings. The Hall–Kier alpha value is -2.38. The van der Waals surface area contributed by atoms with E-state index in [9.17, 15) is 35.1 Å². The lowest BCUT2D eigenvalue weighted by molar-refractivity contribution is -0.302. The van der Waals surface area contributed by atoms with Crippen LogP contribution in [0.4, 0.5) is 0 Å². The summed E-state index contributed by atoms with van der Waals surface area (Å²) in [6.45, 7) is 4.29. The smallest absolute Gasteiger partial charge is 0.305 e. The predicted octanol–water partition coefficient (Wildman–Crippen LogP) is 14.8. The Morgan fingerprint density at radius 3 is 1.40 bits per heavy atom. The van der Waals surface area contributed by atoms with Crippen LogP contribution in [0.1, 0.15) is 284 Å². The minimum atomic E-state index is -1.57. The minimum Gasteiger partial charge on any atom is -0.466 e. The Morgan fingerprint density at radius 2 is 0.907 bits per heavy atom. The second kappa shape index (κ2) is 53.6. The molecule has 0 spiro atoms. The second-order valence-corrected chi connectivity index (χ2v) is 21.8. The number of hydrogen-bond acceptors (Lipinski definition) is 10. The van der Waals surface area contributed by atoms with Gasteiger partial charge in [0.05, 0.1) is 32.0 Å². The molecule has 0 bridgehead atoms. The number of rotatable bonds is 54. The van der Waals surface area contributed by atoms with Crippen LogP contribution >= 0.6 is 0 Å². The fourth-order valence-corrected chi connectivity index (χ4v) is 9.62. The van der Waals surface area contributed by atoms with Gasteiger partial charge in [0.15, 0.2) is 6.29 Å². The molecular formula is C64H117NO10. The van der Waals surface area contributed by atoms with Crippen molar-refractivity contribution in [3.8, 4) is 0 Å². The van der Waals surface area contributed by atoms with Crippen molar-refractivity contribution in [1.29, 1.82) is 0 Å². The van der Waals surface area contributed by atoms with Crippen LogP contribution < -0.4 is 5.32 Å². The van der Waals surface area contributed by atoms with Crippen molar-refractivity contribution in [3.63, 3.8) is 0 Å². The van der Waals surface area contributed by atoms with Gasteiger partial charge in [0.2, 0.25) is 5.91 Å². The molecule has 1 aliphatic heterocycles. The van der Waals surface area contributed by atoms with E-state index in [0.717, 1.165) is 83.5 Å². The van der Waals surface area contributed by atoms with Gasteiger partial charge in [0, 0.05) is 12.8 Å². The maximum atomic E-state index is 13.0. The Morgan fingerprint density at radius 1 is 0.493 bits per heavy atom. The number of esters is 1. The highest BCUT2D eigenvalue weighted by molar-refractivity contribution is 5.76. The molecular weight excluding hydrogens is 943 g/mol. The van der Waals surface area contributed by atoms with E-state index in [1.165, 1.54) is 173 Å². The van der Waals surface area contributed by atoms with E-state index >= 15 is 0 Å². The largest absolute Gasteiger partial charge is 0.466 e. The van der Waals surface area contributed by atoms with Gasteiger partial charge in [-0.1, -0.05) is 236 Å². The third-order valence-electron chi connectivity index (χ3n) is 14.7. The maximum absolute atomic E-state index is 13.0. The van der Waals surface area contributed by atoms with Crippen LogP contribution in [0.15, 0.2) is 48.6 Å². The molecule has 0 radical (unpaired) electrons. The molecule has 1 rings (SSSR count). The highest BCUT2D eigenvalue weighted by Gasteiger charge is 2.44. The van der Waals surface area contributed by atoms with Gasteiger partial charge < -0.3 is 45.1 Å². The van der Waals surface area contributed by atoms with Gasteiger partial charge in [-0.25, -0.2) is 0 Å². The Balaban J connectivity index is 2.04. The van der Waals surface area contributed by atoms with Crippen LogP contribution in [0.2, 0.25) is 0 Å². The van der Waals surface area contributed by atoms with Crippen LogP contribution in [0.25, 0.3) is 0 Å². The zero-order chi connectivity index (χ0) is 54.5. The number of carbonyl (C=O) groups is 2. The zero-order valence-corrected chi connectivity index (χ0v) is 48.3. The molecule has 75 heavy (non-hydrogen) atoms. The van der Waals surface area contributed by atoms with E-state index in [1.54, 1.807) is 6.08 Å². The average molecular weight is 1060 g/mol. The fraction of sp³-hybridized carbons (Fsp3) is 0.844. The standard InChI is InChI=1S/C64H117NO10/c1-3-5-7-9-11-13-30-34-38-42-46-50-57(67)56(55-74-64-63(72)62(71)61(70)58(54-66)75-64)65-59(68)51-47-43-39-35-32-28-26-24-22-20-18-16-15-17-19-21-23-25-27-29-33-37-41-45-49-53-73-60(69)52-48-44-40-36-31-14-12-10-8-6-4-2/h10,12,16-19,46,50,56-58,61-64,66-67,70-72H,3-9,11,13-15,20-45,47-49,51-55H2,1-2H3,(H,65,68)/b12-10-,18-16-,19-17-,50-46+. The van der Waals surface area contributed by atoms with Gasteiger partial charge in [-0.15, -0.1) is 0 Å². The van der Waals surface area contributed by atoms with Crippen molar-refractivity contribution in [2.75, 3.05) is 19.8 Å². The lowest BCUT2D eigenvalue weighted by Gasteiger charge is -2.40. The number of unbranched alkanes of at least 4 members (excludes halogenated alkanes) is 34. The first-order valence-electron chi connectivity index (χ1n) is 31.4. The van der Waals surface area contributed by atoms with E-state index in [4.69, 9.17) is 14.2 Å². The van der Waals surface area contributed by atoms with Crippen LogP contribution in [0.5, 0.6) is 0 Å². The normalized spacial score (nSPS) is 19.1. The molecule has 7 unspecified atom stereocenters. The van der Waals surface area contributed by atoms with Gasteiger partial charge in [0.25, 0.3) is 0 Å². The van der Waals surface area contributed by atoms with Crippen molar-refractivity contribution in [1.82, 2.24) is 5.32 Å². The third-order valence-corrected chi connectivity index (χ3v) is 14.7. The van der Waals surface area contributed by atoms with Crippen LogP contribution in [0, 0.1) is 0 Å². The molecule has 438 valence electrons. The molecule has 0 saturated carbocycles. The Labute approximate surface area is 459 Å². The first kappa shape index (κ1) is 70.6. The Bertz CT molecular complexity index is 1390. The van der Waals surface area contributed by atoms with E-state index < -0.39 is 49.5 Å². The lowest BCUT2D eigenvalue weighted by atomic mass is 9.99. The SMILES string of the molecule is CCCC/C=C\CCCCCCCC(=O)OCCCCCCCCCCC/C=C\C/C=C\CCCCCCCCCCCC(=O)NC(COC1OC(CO)C(O)C(O)C1O)C(O)/C=C/CCCCCCCCCCC. The zero-order valence-electron chi connectivity index (χ0n) is 48.3. The summed E-state index contributed by atoms with van der Waals surface area (Å²) >= 11 is 0. The van der Waals surface area contributed by atoms with Crippen LogP contribution in [-0.4, -0.2) is 100 Å². The molecule has 11 heteroatoms. The number of nitrogens with one attached hydrogen (secondary N) is 1. The minimum absolute atomic E-state index is 0.0132. The predicted molar refractivity (Wildman–Crippen MR) is 310 cm³/mol. The second-order valence-electron chi connectivity index (χ2n) is 21.8. The van der Waals surface area contributed by atoms with Gasteiger partial charge in [-0.05, 0) is 83.5 Å². The quantitative estimate of drug-likeness (QED) is 0.0195. The summed E-state index contributed by atoms with van der Waals surface area (Å²) in [7, 11) is 0. The number of aliphatic hydroxyl groups is 5. The maximum Gasteiger partial charge on any atom is 0.305 e. The molecule has 1 saturated heterocycles. The highest BCUT2D eigenvalue weighted by Crippen LogP contribution is 2.23.